The topological polar surface area (TPSA) is 74.2 Å². The Morgan fingerprint density at radius 2 is 2.22 bits per heavy atom. The number of urea groups is 1. The summed E-state index contributed by atoms with van der Waals surface area (Å²) < 4.78 is 0. The minimum Gasteiger partial charge on any atom is -0.395 e. The third kappa shape index (κ3) is 4.00. The summed E-state index contributed by atoms with van der Waals surface area (Å²) in [5, 5.41) is 14.1. The van der Waals surface area contributed by atoms with E-state index in [1.165, 1.54) is 0 Å². The van der Waals surface area contributed by atoms with E-state index in [0.29, 0.717) is 0 Å². The van der Waals surface area contributed by atoms with Gasteiger partial charge in [-0.05, 0) is 24.5 Å². The van der Waals surface area contributed by atoms with E-state index in [1.807, 2.05) is 32.9 Å². The fraction of sp³-hybridized carbons (Fsp3) is 0.538. The number of hydrogen-bond acceptors (Lipinski definition) is 3. The second-order valence-electron chi connectivity index (χ2n) is 4.55. The maximum absolute atomic E-state index is 11.6. The van der Waals surface area contributed by atoms with Gasteiger partial charge in [0.2, 0.25) is 0 Å². The number of aliphatic hydroxyl groups excluding tert-OH is 1. The lowest BCUT2D eigenvalue weighted by Gasteiger charge is -2.23. The van der Waals surface area contributed by atoms with Gasteiger partial charge in [-0.1, -0.05) is 19.9 Å². The Bertz CT molecular complexity index is 394. The van der Waals surface area contributed by atoms with Gasteiger partial charge >= 0.3 is 6.03 Å². The molecular formula is C13H21N3O2. The highest BCUT2D eigenvalue weighted by Crippen LogP contribution is 2.22. The van der Waals surface area contributed by atoms with Crippen molar-refractivity contribution >= 4 is 6.03 Å². The molecule has 18 heavy (non-hydrogen) atoms. The van der Waals surface area contributed by atoms with Crippen LogP contribution in [0.1, 0.15) is 31.1 Å². The second-order valence-corrected chi connectivity index (χ2v) is 4.55. The maximum atomic E-state index is 11.6. The molecule has 5 nitrogen and oxygen atoms in total. The van der Waals surface area contributed by atoms with Gasteiger partial charge in [-0.2, -0.15) is 0 Å². The van der Waals surface area contributed by atoms with Gasteiger partial charge in [-0.25, -0.2) is 4.79 Å². The molecule has 3 N–H and O–H groups in total. The molecule has 100 valence electrons. The summed E-state index contributed by atoms with van der Waals surface area (Å²) in [6.45, 7) is 6.22. The van der Waals surface area contributed by atoms with Crippen LogP contribution in [-0.4, -0.2) is 29.3 Å². The SMILES string of the molecule is Cc1cccnc1C(NC(=O)NCCO)C(C)C. The van der Waals surface area contributed by atoms with Crippen molar-refractivity contribution in [1.82, 2.24) is 15.6 Å². The van der Waals surface area contributed by atoms with Crippen LogP contribution < -0.4 is 10.6 Å². The Balaban J connectivity index is 2.78. The lowest BCUT2D eigenvalue weighted by atomic mass is 9.97. The third-order valence-electron chi connectivity index (χ3n) is 2.70. The first-order valence-electron chi connectivity index (χ1n) is 6.13. The molecule has 5 heteroatoms. The molecule has 0 fully saturated rings. The second kappa shape index (κ2) is 6.96. The van der Waals surface area contributed by atoms with E-state index in [4.69, 9.17) is 5.11 Å². The first kappa shape index (κ1) is 14.4. The Morgan fingerprint density at radius 1 is 1.50 bits per heavy atom. The van der Waals surface area contributed by atoms with E-state index in [2.05, 4.69) is 15.6 Å². The van der Waals surface area contributed by atoms with Crippen LogP contribution in [0.4, 0.5) is 4.79 Å². The summed E-state index contributed by atoms with van der Waals surface area (Å²) in [7, 11) is 0. The molecule has 1 atom stereocenters. The molecule has 1 heterocycles. The summed E-state index contributed by atoms with van der Waals surface area (Å²) in [5.74, 6) is 0.235. The Hall–Kier alpha value is -1.62. The van der Waals surface area contributed by atoms with Crippen LogP contribution in [0.5, 0.6) is 0 Å². The van der Waals surface area contributed by atoms with E-state index in [0.717, 1.165) is 11.3 Å². The summed E-state index contributed by atoms with van der Waals surface area (Å²) >= 11 is 0. The standard InChI is InChI=1S/C13H21N3O2/c1-9(2)11(16-13(18)15-7-8-17)12-10(3)5-4-6-14-12/h4-6,9,11,17H,7-8H2,1-3H3,(H2,15,16,18). The highest BCUT2D eigenvalue weighted by atomic mass is 16.3. The molecule has 2 amide bonds. The molecule has 0 spiro atoms. The van der Waals surface area contributed by atoms with Crippen LogP contribution in [0.2, 0.25) is 0 Å². The molecule has 0 radical (unpaired) electrons. The zero-order valence-electron chi connectivity index (χ0n) is 11.1. The molecule has 1 aromatic rings. The molecule has 0 bridgehead atoms. The molecule has 0 aliphatic heterocycles. The van der Waals surface area contributed by atoms with Crippen LogP contribution in [-0.2, 0) is 0 Å². The summed E-state index contributed by atoms with van der Waals surface area (Å²) in [5.41, 5.74) is 1.94. The quantitative estimate of drug-likeness (QED) is 0.740. The van der Waals surface area contributed by atoms with Crippen LogP contribution in [0.25, 0.3) is 0 Å². The number of aryl methyl sites for hydroxylation is 1. The molecule has 1 unspecified atom stereocenters. The molecular weight excluding hydrogens is 230 g/mol. The van der Waals surface area contributed by atoms with Crippen molar-refractivity contribution in [2.75, 3.05) is 13.2 Å². The molecule has 1 rings (SSSR count). The molecule has 0 saturated heterocycles. The smallest absolute Gasteiger partial charge is 0.315 e. The minimum atomic E-state index is -0.284. The molecule has 0 aliphatic carbocycles. The number of aromatic nitrogens is 1. The zero-order chi connectivity index (χ0) is 13.5. The van der Waals surface area contributed by atoms with Crippen molar-refractivity contribution in [3.05, 3.63) is 29.6 Å². The highest BCUT2D eigenvalue weighted by Gasteiger charge is 2.20. The van der Waals surface area contributed by atoms with Gasteiger partial charge in [-0.3, -0.25) is 4.98 Å². The first-order valence-corrected chi connectivity index (χ1v) is 6.13. The third-order valence-corrected chi connectivity index (χ3v) is 2.70. The predicted molar refractivity (Wildman–Crippen MR) is 70.2 cm³/mol. The van der Waals surface area contributed by atoms with Gasteiger partial charge in [0, 0.05) is 12.7 Å². The van der Waals surface area contributed by atoms with Crippen molar-refractivity contribution in [3.63, 3.8) is 0 Å². The number of nitrogens with zero attached hydrogens (tertiary/aromatic N) is 1. The van der Waals surface area contributed by atoms with Crippen molar-refractivity contribution < 1.29 is 9.90 Å². The van der Waals surface area contributed by atoms with Crippen molar-refractivity contribution in [2.24, 2.45) is 5.92 Å². The lowest BCUT2D eigenvalue weighted by molar-refractivity contribution is 0.226. The van der Waals surface area contributed by atoms with Gasteiger partial charge < -0.3 is 15.7 Å². The van der Waals surface area contributed by atoms with Gasteiger partial charge in [0.15, 0.2) is 0 Å². The largest absolute Gasteiger partial charge is 0.395 e. The Labute approximate surface area is 108 Å². The molecule has 0 aromatic carbocycles. The zero-order valence-corrected chi connectivity index (χ0v) is 11.1. The molecule has 0 aliphatic rings. The van der Waals surface area contributed by atoms with Gasteiger partial charge in [0.25, 0.3) is 0 Å². The Morgan fingerprint density at radius 3 is 2.78 bits per heavy atom. The average molecular weight is 251 g/mol. The molecule has 0 saturated carbocycles. The van der Waals surface area contributed by atoms with Crippen molar-refractivity contribution in [3.8, 4) is 0 Å². The fourth-order valence-corrected chi connectivity index (χ4v) is 1.74. The van der Waals surface area contributed by atoms with E-state index < -0.39 is 0 Å². The van der Waals surface area contributed by atoms with Crippen LogP contribution in [0.15, 0.2) is 18.3 Å². The number of nitrogens with one attached hydrogen (secondary N) is 2. The monoisotopic (exact) mass is 251 g/mol. The van der Waals surface area contributed by atoms with Crippen LogP contribution in [0, 0.1) is 12.8 Å². The number of amides is 2. The van der Waals surface area contributed by atoms with E-state index in [9.17, 15) is 4.79 Å². The Kier molecular flexibility index (Phi) is 5.58. The fourth-order valence-electron chi connectivity index (χ4n) is 1.74. The summed E-state index contributed by atoms with van der Waals surface area (Å²) in [4.78, 5) is 16.0. The predicted octanol–water partition coefficient (Wildman–Crippen LogP) is 1.38. The van der Waals surface area contributed by atoms with E-state index in [1.54, 1.807) is 6.20 Å². The van der Waals surface area contributed by atoms with Crippen LogP contribution >= 0.6 is 0 Å². The van der Waals surface area contributed by atoms with Crippen molar-refractivity contribution in [2.45, 2.75) is 26.8 Å². The maximum Gasteiger partial charge on any atom is 0.315 e. The number of aliphatic hydroxyl groups is 1. The number of rotatable bonds is 5. The van der Waals surface area contributed by atoms with Gasteiger partial charge in [0.05, 0.1) is 18.3 Å². The highest BCUT2D eigenvalue weighted by molar-refractivity contribution is 5.74. The number of carbonyl (C=O) groups excluding carboxylic acids is 1. The van der Waals surface area contributed by atoms with E-state index >= 15 is 0 Å². The lowest BCUT2D eigenvalue weighted by Crippen LogP contribution is -2.41. The van der Waals surface area contributed by atoms with Gasteiger partial charge in [-0.15, -0.1) is 0 Å². The normalized spacial score (nSPS) is 12.3. The number of pyridine rings is 1. The average Bonchev–Trinajstić information content (AvgIpc) is 2.34. The first-order chi connectivity index (χ1) is 8.56. The van der Waals surface area contributed by atoms with E-state index in [-0.39, 0.29) is 31.1 Å². The minimum absolute atomic E-state index is 0.0671. The summed E-state index contributed by atoms with van der Waals surface area (Å²) in [6, 6.07) is 3.44. The van der Waals surface area contributed by atoms with Crippen molar-refractivity contribution in [1.29, 1.82) is 0 Å². The molecule has 1 aromatic heterocycles. The van der Waals surface area contributed by atoms with Gasteiger partial charge in [0.1, 0.15) is 0 Å². The number of carbonyl (C=O) groups is 1. The number of hydrogen-bond donors (Lipinski definition) is 3. The summed E-state index contributed by atoms with van der Waals surface area (Å²) in [6.07, 6.45) is 1.73. The van der Waals surface area contributed by atoms with Crippen LogP contribution in [0.3, 0.4) is 0 Å².